The fourth-order valence-corrected chi connectivity index (χ4v) is 5.37. The average Bonchev–Trinajstić information content (AvgIpc) is 3.43. The third-order valence-corrected chi connectivity index (χ3v) is 7.34. The van der Waals surface area contributed by atoms with E-state index < -0.39 is 23.7 Å². The molecule has 208 valence electrons. The Morgan fingerprint density at radius 1 is 1.08 bits per heavy atom. The molecular weight excluding hydrogens is 484 g/mol. The Kier molecular flexibility index (Phi) is 11.7. The highest BCUT2D eigenvalue weighted by Gasteiger charge is 2.35. The van der Waals surface area contributed by atoms with Gasteiger partial charge in [0.1, 0.15) is 19.2 Å². The van der Waals surface area contributed by atoms with Crippen LogP contribution in [0.4, 0.5) is 0 Å². The quantitative estimate of drug-likeness (QED) is 0.268. The second-order valence-electron chi connectivity index (χ2n) is 10.8. The summed E-state index contributed by atoms with van der Waals surface area (Å²) in [6.45, 7) is 4.05. The number of hydrogen-bond acceptors (Lipinski definition) is 6. The van der Waals surface area contributed by atoms with Crippen molar-refractivity contribution in [2.75, 3.05) is 0 Å². The van der Waals surface area contributed by atoms with E-state index in [0.717, 1.165) is 18.4 Å². The minimum Gasteiger partial charge on any atom is -0.289 e. The van der Waals surface area contributed by atoms with Gasteiger partial charge in [-0.05, 0) is 30.2 Å². The highest BCUT2D eigenvalue weighted by molar-refractivity contribution is 5.88. The molecule has 1 aliphatic rings. The van der Waals surface area contributed by atoms with E-state index in [1.165, 1.54) is 54.4 Å². The van der Waals surface area contributed by atoms with Crippen LogP contribution in [0, 0.1) is 23.7 Å². The number of carbonyl (C=O) groups is 3. The lowest BCUT2D eigenvalue weighted by molar-refractivity contribution is -0.148. The van der Waals surface area contributed by atoms with Gasteiger partial charge in [0.15, 0.2) is 0 Å². The number of rotatable bonds is 13. The molecule has 0 saturated heterocycles. The molecule has 3 rings (SSSR count). The summed E-state index contributed by atoms with van der Waals surface area (Å²) in [6, 6.07) is 9.37. The van der Waals surface area contributed by atoms with E-state index in [-0.39, 0.29) is 24.9 Å². The lowest BCUT2D eigenvalue weighted by atomic mass is 9.79. The van der Waals surface area contributed by atoms with Crippen molar-refractivity contribution in [2.45, 2.75) is 84.7 Å². The first kappa shape index (κ1) is 29.3. The summed E-state index contributed by atoms with van der Waals surface area (Å²) < 4.78 is 1.39. The monoisotopic (exact) mass is 526 g/mol. The molecule has 0 spiro atoms. The van der Waals surface area contributed by atoms with E-state index in [9.17, 15) is 19.6 Å². The third-order valence-electron chi connectivity index (χ3n) is 7.34. The molecule has 1 aromatic carbocycles. The number of hydrogen-bond donors (Lipinski definition) is 3. The molecule has 3 amide bonds. The van der Waals surface area contributed by atoms with E-state index in [0.29, 0.717) is 18.8 Å². The van der Waals surface area contributed by atoms with Gasteiger partial charge in [0, 0.05) is 0 Å². The van der Waals surface area contributed by atoms with Crippen LogP contribution in [0.25, 0.3) is 0 Å². The van der Waals surface area contributed by atoms with Crippen LogP contribution in [0.15, 0.2) is 43.0 Å². The van der Waals surface area contributed by atoms with Crippen LogP contribution in [-0.2, 0) is 27.5 Å². The molecule has 2 atom stereocenters. The van der Waals surface area contributed by atoms with Crippen LogP contribution in [-0.4, -0.2) is 42.7 Å². The second kappa shape index (κ2) is 15.2. The molecule has 3 N–H and O–H groups in total. The van der Waals surface area contributed by atoms with Crippen molar-refractivity contribution in [3.63, 3.8) is 0 Å². The molecule has 0 radical (unpaired) electrons. The maximum Gasteiger partial charge on any atom is 0.263 e. The number of carbonyl (C=O) groups excluding carboxylic acids is 3. The maximum absolute atomic E-state index is 13.7. The SMILES string of the molecule is CC(C)C[C@@H](C(=O)NN(Cc1ccccc1)C(=O)Cn1cncn1)[C@H](CCCC1CCCCC1)C(=O)NO. The highest BCUT2D eigenvalue weighted by atomic mass is 16.5. The van der Waals surface area contributed by atoms with Crippen molar-refractivity contribution in [1.82, 2.24) is 30.7 Å². The fourth-order valence-electron chi connectivity index (χ4n) is 5.37. The van der Waals surface area contributed by atoms with Crippen LogP contribution >= 0.6 is 0 Å². The number of nitrogens with one attached hydrogen (secondary N) is 2. The van der Waals surface area contributed by atoms with Gasteiger partial charge < -0.3 is 0 Å². The predicted octanol–water partition coefficient (Wildman–Crippen LogP) is 3.87. The summed E-state index contributed by atoms with van der Waals surface area (Å²) in [7, 11) is 0. The van der Waals surface area contributed by atoms with Crippen LogP contribution in [0.1, 0.15) is 77.2 Å². The van der Waals surface area contributed by atoms with Crippen molar-refractivity contribution in [3.8, 4) is 0 Å². The minimum atomic E-state index is -0.703. The van der Waals surface area contributed by atoms with E-state index >= 15 is 0 Å². The summed E-state index contributed by atoms with van der Waals surface area (Å²) in [6.07, 6.45) is 11.8. The number of aromatic nitrogens is 3. The van der Waals surface area contributed by atoms with E-state index in [2.05, 4.69) is 15.5 Å². The first-order valence-electron chi connectivity index (χ1n) is 13.8. The Morgan fingerprint density at radius 3 is 2.45 bits per heavy atom. The summed E-state index contributed by atoms with van der Waals surface area (Å²) in [4.78, 5) is 43.6. The summed E-state index contributed by atoms with van der Waals surface area (Å²) in [5.41, 5.74) is 5.44. The Hall–Kier alpha value is -3.27. The Balaban J connectivity index is 1.75. The Morgan fingerprint density at radius 2 is 1.82 bits per heavy atom. The van der Waals surface area contributed by atoms with Gasteiger partial charge in [-0.25, -0.2) is 20.2 Å². The number of benzene rings is 1. The molecule has 0 unspecified atom stereocenters. The van der Waals surface area contributed by atoms with Gasteiger partial charge in [-0.15, -0.1) is 0 Å². The first-order valence-corrected chi connectivity index (χ1v) is 13.8. The highest BCUT2D eigenvalue weighted by Crippen LogP contribution is 2.31. The number of hydrazine groups is 1. The van der Waals surface area contributed by atoms with E-state index in [1.54, 1.807) is 5.48 Å². The van der Waals surface area contributed by atoms with Crippen LogP contribution in [0.5, 0.6) is 0 Å². The zero-order valence-corrected chi connectivity index (χ0v) is 22.6. The lowest BCUT2D eigenvalue weighted by Crippen LogP contribution is -2.51. The number of hydroxylamine groups is 1. The molecular formula is C28H42N6O4. The van der Waals surface area contributed by atoms with Crippen molar-refractivity contribution in [3.05, 3.63) is 48.5 Å². The maximum atomic E-state index is 13.7. The molecule has 1 aliphatic carbocycles. The van der Waals surface area contributed by atoms with Gasteiger partial charge in [0.2, 0.25) is 11.8 Å². The fraction of sp³-hybridized carbons (Fsp3) is 0.607. The van der Waals surface area contributed by atoms with Crippen molar-refractivity contribution in [2.24, 2.45) is 23.7 Å². The van der Waals surface area contributed by atoms with Gasteiger partial charge in [-0.2, -0.15) is 5.10 Å². The van der Waals surface area contributed by atoms with Gasteiger partial charge >= 0.3 is 0 Å². The molecule has 1 aromatic heterocycles. The molecule has 10 heteroatoms. The molecule has 10 nitrogen and oxygen atoms in total. The topological polar surface area (TPSA) is 129 Å². The Labute approximate surface area is 225 Å². The minimum absolute atomic E-state index is 0.0933. The molecule has 2 aromatic rings. The first-order chi connectivity index (χ1) is 18.4. The van der Waals surface area contributed by atoms with Gasteiger partial charge in [-0.3, -0.25) is 25.0 Å². The normalized spacial score (nSPS) is 15.6. The summed E-state index contributed by atoms with van der Waals surface area (Å²) >= 11 is 0. The molecule has 1 fully saturated rings. The van der Waals surface area contributed by atoms with Crippen LogP contribution < -0.4 is 10.9 Å². The molecule has 0 aliphatic heterocycles. The van der Waals surface area contributed by atoms with Crippen LogP contribution in [0.3, 0.4) is 0 Å². The Bertz CT molecular complexity index is 992. The van der Waals surface area contributed by atoms with Gasteiger partial charge in [-0.1, -0.05) is 89.1 Å². The lowest BCUT2D eigenvalue weighted by Gasteiger charge is -2.30. The van der Waals surface area contributed by atoms with Gasteiger partial charge in [0.25, 0.3) is 5.91 Å². The van der Waals surface area contributed by atoms with Crippen molar-refractivity contribution >= 4 is 17.7 Å². The molecule has 1 saturated carbocycles. The number of amides is 3. The zero-order valence-electron chi connectivity index (χ0n) is 22.6. The van der Waals surface area contributed by atoms with Crippen molar-refractivity contribution in [1.29, 1.82) is 0 Å². The van der Waals surface area contributed by atoms with Crippen molar-refractivity contribution < 1.29 is 19.6 Å². The zero-order chi connectivity index (χ0) is 27.3. The van der Waals surface area contributed by atoms with E-state index in [4.69, 9.17) is 0 Å². The summed E-state index contributed by atoms with van der Waals surface area (Å²) in [5.74, 6) is -1.94. The van der Waals surface area contributed by atoms with Crippen LogP contribution in [0.2, 0.25) is 0 Å². The average molecular weight is 527 g/mol. The third kappa shape index (κ3) is 9.24. The van der Waals surface area contributed by atoms with E-state index in [1.807, 2.05) is 44.2 Å². The van der Waals surface area contributed by atoms with Gasteiger partial charge in [0.05, 0.1) is 18.4 Å². The smallest absolute Gasteiger partial charge is 0.263 e. The molecule has 38 heavy (non-hydrogen) atoms. The molecule has 0 bridgehead atoms. The number of nitrogens with zero attached hydrogens (tertiary/aromatic N) is 4. The predicted molar refractivity (Wildman–Crippen MR) is 142 cm³/mol. The molecule has 1 heterocycles. The summed E-state index contributed by atoms with van der Waals surface area (Å²) in [5, 5.41) is 14.8. The largest absolute Gasteiger partial charge is 0.289 e. The second-order valence-corrected chi connectivity index (χ2v) is 10.8. The standard InChI is InChI=1S/C28H42N6O4/c1-21(2)16-25(24(28(37)32-38)15-9-14-22-10-5-3-6-11-22)27(36)31-34(17-23-12-7-4-8-13-23)26(35)18-33-20-29-19-30-33/h4,7-8,12-13,19-22,24-25,38H,3,5-6,9-11,14-18H2,1-2H3,(H,31,36)(H,32,37)/t24-,25+/m0/s1.